The summed E-state index contributed by atoms with van der Waals surface area (Å²) in [6.45, 7) is 0. The normalized spacial score (nSPS) is 12.3. The first-order valence-electron chi connectivity index (χ1n) is 4.53. The average molecular weight is 282 g/mol. The van der Waals surface area contributed by atoms with Crippen molar-refractivity contribution in [2.45, 2.75) is 4.83 Å². The number of carbonyl (C=O) groups is 1. The number of carboxylic acid groups (broad SMARTS) is 1. The van der Waals surface area contributed by atoms with Crippen LogP contribution in [0.3, 0.4) is 0 Å². The average Bonchev–Trinajstić information content (AvgIpc) is 2.78. The Labute approximate surface area is 99.6 Å². The van der Waals surface area contributed by atoms with Gasteiger partial charge in [-0.2, -0.15) is 10.3 Å². The van der Waals surface area contributed by atoms with E-state index in [2.05, 4.69) is 31.3 Å². The molecule has 0 saturated heterocycles. The van der Waals surface area contributed by atoms with Crippen LogP contribution < -0.4 is 0 Å². The maximum absolute atomic E-state index is 10.9. The first kappa shape index (κ1) is 10.8. The first-order valence-corrected chi connectivity index (χ1v) is 5.44. The minimum atomic E-state index is -1.09. The molecule has 82 valence electrons. The molecular formula is C10H8BrN3O2. The molecular weight excluding hydrogens is 274 g/mol. The zero-order valence-electron chi connectivity index (χ0n) is 8.09. The largest absolute Gasteiger partial charge is 0.476 e. The number of benzene rings is 1. The SMILES string of the molecule is O=C(O)c1n[nH]nc1C(Br)c1ccccc1. The van der Waals surface area contributed by atoms with E-state index in [0.717, 1.165) is 5.56 Å². The topological polar surface area (TPSA) is 78.9 Å². The van der Waals surface area contributed by atoms with Gasteiger partial charge in [0.2, 0.25) is 0 Å². The number of rotatable bonds is 3. The zero-order chi connectivity index (χ0) is 11.5. The van der Waals surface area contributed by atoms with E-state index in [1.807, 2.05) is 30.3 Å². The van der Waals surface area contributed by atoms with Crippen LogP contribution in [0.5, 0.6) is 0 Å². The summed E-state index contributed by atoms with van der Waals surface area (Å²) in [5.74, 6) is -1.09. The van der Waals surface area contributed by atoms with Gasteiger partial charge in [0.1, 0.15) is 5.69 Å². The van der Waals surface area contributed by atoms with Crippen molar-refractivity contribution >= 4 is 21.9 Å². The molecule has 5 nitrogen and oxygen atoms in total. The van der Waals surface area contributed by atoms with E-state index in [1.165, 1.54) is 0 Å². The van der Waals surface area contributed by atoms with E-state index in [9.17, 15) is 4.79 Å². The molecule has 1 aromatic carbocycles. The fraction of sp³-hybridized carbons (Fsp3) is 0.100. The third-order valence-corrected chi connectivity index (χ3v) is 3.07. The van der Waals surface area contributed by atoms with Crippen molar-refractivity contribution in [1.29, 1.82) is 0 Å². The monoisotopic (exact) mass is 281 g/mol. The maximum Gasteiger partial charge on any atom is 0.358 e. The molecule has 1 unspecified atom stereocenters. The Morgan fingerprint density at radius 2 is 2.00 bits per heavy atom. The predicted octanol–water partition coefficient (Wildman–Crippen LogP) is 1.99. The van der Waals surface area contributed by atoms with Crippen LogP contribution >= 0.6 is 15.9 Å². The van der Waals surface area contributed by atoms with Gasteiger partial charge in [0.25, 0.3) is 0 Å². The van der Waals surface area contributed by atoms with Crippen LogP contribution in [0, 0.1) is 0 Å². The summed E-state index contributed by atoms with van der Waals surface area (Å²) in [7, 11) is 0. The number of alkyl halides is 1. The molecule has 0 aliphatic rings. The molecule has 2 aromatic rings. The van der Waals surface area contributed by atoms with Crippen molar-refractivity contribution in [2.24, 2.45) is 0 Å². The molecule has 0 aliphatic heterocycles. The van der Waals surface area contributed by atoms with Crippen molar-refractivity contribution in [3.8, 4) is 0 Å². The van der Waals surface area contributed by atoms with Gasteiger partial charge in [0.05, 0.1) is 4.83 Å². The fourth-order valence-corrected chi connectivity index (χ4v) is 1.98. The van der Waals surface area contributed by atoms with Crippen molar-refractivity contribution in [2.75, 3.05) is 0 Å². The number of nitrogens with one attached hydrogen (secondary N) is 1. The molecule has 2 N–H and O–H groups in total. The number of nitrogens with zero attached hydrogens (tertiary/aromatic N) is 2. The zero-order valence-corrected chi connectivity index (χ0v) is 9.68. The third kappa shape index (κ3) is 1.96. The summed E-state index contributed by atoms with van der Waals surface area (Å²) < 4.78 is 0. The molecule has 0 aliphatic carbocycles. The van der Waals surface area contributed by atoms with E-state index in [0.29, 0.717) is 5.69 Å². The number of halogens is 1. The molecule has 0 bridgehead atoms. The van der Waals surface area contributed by atoms with Crippen LogP contribution in [0.25, 0.3) is 0 Å². The second-order valence-corrected chi connectivity index (χ2v) is 4.05. The van der Waals surface area contributed by atoms with Crippen LogP contribution in [0.4, 0.5) is 0 Å². The van der Waals surface area contributed by atoms with Crippen molar-refractivity contribution in [1.82, 2.24) is 15.4 Å². The van der Waals surface area contributed by atoms with Gasteiger partial charge >= 0.3 is 5.97 Å². The van der Waals surface area contributed by atoms with Crippen LogP contribution in [0.15, 0.2) is 30.3 Å². The molecule has 0 amide bonds. The van der Waals surface area contributed by atoms with Gasteiger partial charge in [0, 0.05) is 0 Å². The molecule has 0 saturated carbocycles. The van der Waals surface area contributed by atoms with Crippen molar-refractivity contribution in [3.05, 3.63) is 47.3 Å². The Morgan fingerprint density at radius 3 is 2.62 bits per heavy atom. The number of aromatic nitrogens is 3. The first-order chi connectivity index (χ1) is 7.70. The number of aromatic carboxylic acids is 1. The van der Waals surface area contributed by atoms with Gasteiger partial charge in [-0.1, -0.05) is 46.3 Å². The third-order valence-electron chi connectivity index (χ3n) is 2.11. The van der Waals surface area contributed by atoms with Crippen molar-refractivity contribution < 1.29 is 9.90 Å². The maximum atomic E-state index is 10.9. The number of hydrogen-bond acceptors (Lipinski definition) is 3. The molecule has 2 rings (SSSR count). The number of carboxylic acids is 1. The number of hydrogen-bond donors (Lipinski definition) is 2. The Hall–Kier alpha value is -1.69. The van der Waals surface area contributed by atoms with E-state index in [1.54, 1.807) is 0 Å². The lowest BCUT2D eigenvalue weighted by molar-refractivity contribution is 0.0689. The van der Waals surface area contributed by atoms with Gasteiger partial charge in [-0.3, -0.25) is 0 Å². The van der Waals surface area contributed by atoms with Crippen molar-refractivity contribution in [3.63, 3.8) is 0 Å². The Kier molecular flexibility index (Phi) is 3.00. The lowest BCUT2D eigenvalue weighted by Crippen LogP contribution is -2.04. The van der Waals surface area contributed by atoms with Gasteiger partial charge in [-0.25, -0.2) is 4.79 Å². The Bertz CT molecular complexity index is 498. The minimum Gasteiger partial charge on any atom is -0.476 e. The summed E-state index contributed by atoms with van der Waals surface area (Å²) >= 11 is 3.41. The summed E-state index contributed by atoms with van der Waals surface area (Å²) in [4.78, 5) is 10.6. The molecule has 0 fully saturated rings. The summed E-state index contributed by atoms with van der Waals surface area (Å²) in [5, 5.41) is 18.7. The lowest BCUT2D eigenvalue weighted by atomic mass is 10.1. The highest BCUT2D eigenvalue weighted by atomic mass is 79.9. The highest BCUT2D eigenvalue weighted by Gasteiger charge is 2.22. The standard InChI is InChI=1S/C10H8BrN3O2/c11-7(6-4-2-1-3-5-6)8-9(10(15)16)13-14-12-8/h1-5,7H,(H,15,16)(H,12,13,14). The highest BCUT2D eigenvalue weighted by Crippen LogP contribution is 2.30. The number of aromatic amines is 1. The Morgan fingerprint density at radius 1 is 1.31 bits per heavy atom. The second-order valence-electron chi connectivity index (χ2n) is 3.14. The van der Waals surface area contributed by atoms with Gasteiger partial charge in [-0.05, 0) is 5.56 Å². The van der Waals surface area contributed by atoms with E-state index < -0.39 is 5.97 Å². The smallest absolute Gasteiger partial charge is 0.358 e. The van der Waals surface area contributed by atoms with Crippen LogP contribution in [0.1, 0.15) is 26.6 Å². The van der Waals surface area contributed by atoms with Crippen LogP contribution in [0.2, 0.25) is 0 Å². The predicted molar refractivity (Wildman–Crippen MR) is 60.6 cm³/mol. The molecule has 1 aromatic heterocycles. The molecule has 1 atom stereocenters. The Balaban J connectivity index is 2.38. The summed E-state index contributed by atoms with van der Waals surface area (Å²) in [6, 6.07) is 9.43. The highest BCUT2D eigenvalue weighted by molar-refractivity contribution is 9.09. The van der Waals surface area contributed by atoms with Gasteiger partial charge in [-0.15, -0.1) is 5.10 Å². The summed E-state index contributed by atoms with van der Waals surface area (Å²) in [6.07, 6.45) is 0. The minimum absolute atomic E-state index is 0.0641. The number of H-pyrrole nitrogens is 1. The summed E-state index contributed by atoms with van der Waals surface area (Å²) in [5.41, 5.74) is 1.24. The van der Waals surface area contributed by atoms with E-state index in [-0.39, 0.29) is 10.5 Å². The van der Waals surface area contributed by atoms with Gasteiger partial charge < -0.3 is 5.11 Å². The fourth-order valence-electron chi connectivity index (χ4n) is 1.35. The van der Waals surface area contributed by atoms with E-state index in [4.69, 9.17) is 5.11 Å². The quantitative estimate of drug-likeness (QED) is 0.844. The molecule has 6 heteroatoms. The van der Waals surface area contributed by atoms with Crippen LogP contribution in [-0.2, 0) is 0 Å². The molecule has 0 spiro atoms. The van der Waals surface area contributed by atoms with E-state index >= 15 is 0 Å². The molecule has 0 radical (unpaired) electrons. The van der Waals surface area contributed by atoms with Gasteiger partial charge in [0.15, 0.2) is 5.69 Å². The molecule has 1 heterocycles. The second kappa shape index (κ2) is 4.44. The molecule has 16 heavy (non-hydrogen) atoms. The van der Waals surface area contributed by atoms with Crippen LogP contribution in [-0.4, -0.2) is 26.5 Å². The lowest BCUT2D eigenvalue weighted by Gasteiger charge is -2.06.